The van der Waals surface area contributed by atoms with Gasteiger partial charge in [0.25, 0.3) is 5.91 Å². The first-order valence-electron chi connectivity index (χ1n) is 4.58. The van der Waals surface area contributed by atoms with Crippen LogP contribution >= 0.6 is 0 Å². The smallest absolute Gasteiger partial charge is 0.352 e. The summed E-state index contributed by atoms with van der Waals surface area (Å²) in [6.07, 6.45) is -0.411. The molecule has 1 aliphatic rings. The lowest BCUT2D eigenvalue weighted by Gasteiger charge is -2.11. The second-order valence-corrected chi connectivity index (χ2v) is 3.33. The fourth-order valence-electron chi connectivity index (χ4n) is 1.39. The Morgan fingerprint density at radius 3 is 2.65 bits per heavy atom. The molecule has 1 amide bonds. The van der Waals surface area contributed by atoms with Crippen LogP contribution in [0.3, 0.4) is 0 Å². The van der Waals surface area contributed by atoms with Gasteiger partial charge in [0.15, 0.2) is 11.5 Å². The minimum Gasteiger partial charge on any atom is -0.477 e. The van der Waals surface area contributed by atoms with Gasteiger partial charge in [0.1, 0.15) is 11.5 Å². The fraction of sp³-hybridized carbons (Fsp3) is 0.100. The van der Waals surface area contributed by atoms with E-state index in [2.05, 4.69) is 5.10 Å². The van der Waals surface area contributed by atoms with Gasteiger partial charge in [-0.05, 0) is 12.1 Å². The van der Waals surface area contributed by atoms with Crippen molar-refractivity contribution in [3.63, 3.8) is 0 Å². The minimum atomic E-state index is -1.34. The number of carboxylic acids is 1. The molecule has 0 aromatic heterocycles. The Bertz CT molecular complexity index is 542. The number of aliphatic carboxylic acids is 1. The number of hydrogen-bond acceptors (Lipinski definition) is 3. The van der Waals surface area contributed by atoms with Crippen LogP contribution in [0.1, 0.15) is 6.42 Å². The van der Waals surface area contributed by atoms with E-state index in [1.54, 1.807) is 0 Å². The number of anilines is 1. The Morgan fingerprint density at radius 1 is 1.41 bits per heavy atom. The van der Waals surface area contributed by atoms with Crippen molar-refractivity contribution in [1.82, 2.24) is 0 Å². The Morgan fingerprint density at radius 2 is 2.12 bits per heavy atom. The molecule has 1 aliphatic heterocycles. The number of halogens is 2. The van der Waals surface area contributed by atoms with Crippen molar-refractivity contribution in [2.45, 2.75) is 6.42 Å². The van der Waals surface area contributed by atoms with Gasteiger partial charge in [0, 0.05) is 6.07 Å². The molecule has 0 aliphatic carbocycles. The van der Waals surface area contributed by atoms with Crippen molar-refractivity contribution in [2.24, 2.45) is 5.10 Å². The molecule has 0 saturated carbocycles. The predicted octanol–water partition coefficient (Wildman–Crippen LogP) is 1.14. The summed E-state index contributed by atoms with van der Waals surface area (Å²) in [6.45, 7) is 0. The first-order chi connectivity index (χ1) is 7.99. The molecule has 0 radical (unpaired) electrons. The molecule has 5 nitrogen and oxygen atoms in total. The Hall–Kier alpha value is -2.31. The third-order valence-electron chi connectivity index (χ3n) is 2.16. The Kier molecular flexibility index (Phi) is 2.58. The lowest BCUT2D eigenvalue weighted by Crippen LogP contribution is -2.20. The Balaban J connectivity index is 2.40. The van der Waals surface area contributed by atoms with Gasteiger partial charge in [-0.15, -0.1) is 0 Å². The number of hydrazone groups is 1. The average molecular weight is 240 g/mol. The lowest BCUT2D eigenvalue weighted by molar-refractivity contribution is -0.129. The third kappa shape index (κ3) is 1.99. The van der Waals surface area contributed by atoms with Crippen molar-refractivity contribution >= 4 is 23.3 Å². The van der Waals surface area contributed by atoms with Crippen LogP contribution in [-0.4, -0.2) is 22.7 Å². The summed E-state index contributed by atoms with van der Waals surface area (Å²) >= 11 is 0. The summed E-state index contributed by atoms with van der Waals surface area (Å²) in [5.74, 6) is -3.79. The molecule has 1 aromatic rings. The van der Waals surface area contributed by atoms with Crippen molar-refractivity contribution in [3.8, 4) is 0 Å². The van der Waals surface area contributed by atoms with E-state index >= 15 is 0 Å². The van der Waals surface area contributed by atoms with Gasteiger partial charge < -0.3 is 5.11 Å². The van der Waals surface area contributed by atoms with E-state index in [-0.39, 0.29) is 11.4 Å². The zero-order valence-electron chi connectivity index (χ0n) is 8.35. The molecular formula is C10H6F2N2O3. The molecule has 88 valence electrons. The van der Waals surface area contributed by atoms with Gasteiger partial charge in [0.05, 0.1) is 6.42 Å². The molecule has 2 rings (SSSR count). The molecule has 0 spiro atoms. The number of carbonyl (C=O) groups excluding carboxylic acids is 1. The van der Waals surface area contributed by atoms with Crippen molar-refractivity contribution in [1.29, 1.82) is 0 Å². The van der Waals surface area contributed by atoms with Crippen molar-refractivity contribution in [3.05, 3.63) is 29.8 Å². The monoisotopic (exact) mass is 240 g/mol. The first kappa shape index (κ1) is 11.2. The zero-order chi connectivity index (χ0) is 12.6. The van der Waals surface area contributed by atoms with Crippen LogP contribution in [0, 0.1) is 11.6 Å². The second-order valence-electron chi connectivity index (χ2n) is 3.33. The van der Waals surface area contributed by atoms with E-state index in [0.717, 1.165) is 12.1 Å². The fourth-order valence-corrected chi connectivity index (χ4v) is 1.39. The largest absolute Gasteiger partial charge is 0.477 e. The van der Waals surface area contributed by atoms with Crippen LogP contribution < -0.4 is 5.01 Å². The highest BCUT2D eigenvalue weighted by Gasteiger charge is 2.30. The molecule has 17 heavy (non-hydrogen) atoms. The van der Waals surface area contributed by atoms with Crippen LogP contribution in [0.2, 0.25) is 0 Å². The highest BCUT2D eigenvalue weighted by Crippen LogP contribution is 2.24. The summed E-state index contributed by atoms with van der Waals surface area (Å²) in [6, 6.07) is 2.58. The zero-order valence-corrected chi connectivity index (χ0v) is 8.35. The summed E-state index contributed by atoms with van der Waals surface area (Å²) in [5.41, 5.74) is -0.647. The Labute approximate surface area is 94.0 Å². The summed E-state index contributed by atoms with van der Waals surface area (Å²) in [4.78, 5) is 22.0. The molecule has 0 fully saturated rings. The molecule has 1 aromatic carbocycles. The molecule has 0 saturated heterocycles. The minimum absolute atomic E-state index is 0.271. The van der Waals surface area contributed by atoms with E-state index in [1.165, 1.54) is 0 Å². The predicted molar refractivity (Wildman–Crippen MR) is 53.5 cm³/mol. The van der Waals surface area contributed by atoms with E-state index in [1.807, 2.05) is 0 Å². The average Bonchev–Trinajstić information content (AvgIpc) is 2.61. The maximum absolute atomic E-state index is 13.4. The van der Waals surface area contributed by atoms with Gasteiger partial charge in [-0.1, -0.05) is 0 Å². The van der Waals surface area contributed by atoms with Gasteiger partial charge in [-0.25, -0.2) is 13.6 Å². The van der Waals surface area contributed by atoms with Crippen LogP contribution in [0.5, 0.6) is 0 Å². The number of hydrogen-bond donors (Lipinski definition) is 1. The van der Waals surface area contributed by atoms with Crippen LogP contribution in [0.15, 0.2) is 23.3 Å². The van der Waals surface area contributed by atoms with E-state index < -0.39 is 29.9 Å². The van der Waals surface area contributed by atoms with Crippen LogP contribution in [0.25, 0.3) is 0 Å². The number of benzene rings is 1. The molecule has 1 N–H and O–H groups in total. The quantitative estimate of drug-likeness (QED) is 0.842. The van der Waals surface area contributed by atoms with Gasteiger partial charge in [0.2, 0.25) is 0 Å². The topological polar surface area (TPSA) is 70.0 Å². The highest BCUT2D eigenvalue weighted by atomic mass is 19.1. The van der Waals surface area contributed by atoms with Crippen molar-refractivity contribution in [2.75, 3.05) is 5.01 Å². The van der Waals surface area contributed by atoms with Crippen LogP contribution in [-0.2, 0) is 9.59 Å². The maximum atomic E-state index is 13.4. The molecule has 0 atom stereocenters. The van der Waals surface area contributed by atoms with Gasteiger partial charge in [-0.3, -0.25) is 4.79 Å². The SMILES string of the molecule is O=C(O)C1=NN(c2ccc(F)cc2F)C(=O)C1. The molecule has 1 heterocycles. The number of nitrogens with zero attached hydrogens (tertiary/aromatic N) is 2. The summed E-state index contributed by atoms with van der Waals surface area (Å²) in [7, 11) is 0. The second kappa shape index (κ2) is 3.93. The lowest BCUT2D eigenvalue weighted by atomic mass is 10.2. The number of amides is 1. The van der Waals surface area contributed by atoms with Gasteiger partial charge >= 0.3 is 5.97 Å². The standard InChI is InChI=1S/C10H6F2N2O3/c11-5-1-2-8(6(12)3-5)14-9(15)4-7(13-14)10(16)17/h1-3H,4H2,(H,16,17). The number of carbonyl (C=O) groups is 2. The molecule has 0 bridgehead atoms. The van der Waals surface area contributed by atoms with Gasteiger partial charge in [-0.2, -0.15) is 10.1 Å². The summed E-state index contributed by atoms with van der Waals surface area (Å²) in [5, 5.41) is 12.7. The molecule has 7 heteroatoms. The number of rotatable bonds is 2. The normalized spacial score (nSPS) is 15.1. The summed E-state index contributed by atoms with van der Waals surface area (Å²) < 4.78 is 26.0. The van der Waals surface area contributed by atoms with E-state index in [4.69, 9.17) is 5.11 Å². The van der Waals surface area contributed by atoms with Crippen molar-refractivity contribution < 1.29 is 23.5 Å². The van der Waals surface area contributed by atoms with Crippen LogP contribution in [0.4, 0.5) is 14.5 Å². The first-order valence-corrected chi connectivity index (χ1v) is 4.58. The highest BCUT2D eigenvalue weighted by molar-refractivity contribution is 6.42. The number of carboxylic acid groups (broad SMARTS) is 1. The maximum Gasteiger partial charge on any atom is 0.352 e. The molecular weight excluding hydrogens is 234 g/mol. The van der Waals surface area contributed by atoms with E-state index in [0.29, 0.717) is 11.1 Å². The third-order valence-corrected chi connectivity index (χ3v) is 2.16. The van der Waals surface area contributed by atoms with E-state index in [9.17, 15) is 18.4 Å². The molecule has 0 unspecified atom stereocenters.